The summed E-state index contributed by atoms with van der Waals surface area (Å²) >= 11 is 0. The van der Waals surface area contributed by atoms with Crippen LogP contribution in [0.5, 0.6) is 0 Å². The topological polar surface area (TPSA) is 38.7 Å². The first kappa shape index (κ1) is 26.9. The van der Waals surface area contributed by atoms with Crippen molar-refractivity contribution in [3.05, 3.63) is 126 Å². The molecular formula is C28H17F4IrN3-2. The number of aryl methyl sites for hydroxylation is 1. The minimum absolute atomic E-state index is 0. The standard InChI is InChI=1S/C17H9F4N2.C11H8N.Ir/c1-9-5-14(11-6-13(18)16(20)17(21)15(11)19)23-8-12(9)10-3-2-4-22-7-10;1-2-6-10(7-3-1)11-8-4-5-9-12-11;/h2-5,7-8H,1H3;1-6,8-9H;/q2*-1;. The number of hydrogen-bond acceptors (Lipinski definition) is 3. The van der Waals surface area contributed by atoms with Gasteiger partial charge in [-0.2, -0.15) is 0 Å². The van der Waals surface area contributed by atoms with Crippen LogP contribution in [0.25, 0.3) is 33.6 Å². The number of nitrogens with zero attached hydrogens (tertiary/aromatic N) is 3. The van der Waals surface area contributed by atoms with Crippen LogP contribution in [0.2, 0.25) is 0 Å². The maximum Gasteiger partial charge on any atom is 0.114 e. The summed E-state index contributed by atoms with van der Waals surface area (Å²) in [5.41, 5.74) is 3.65. The first-order valence-electron chi connectivity index (χ1n) is 10.5. The van der Waals surface area contributed by atoms with Crippen molar-refractivity contribution < 1.29 is 37.7 Å². The van der Waals surface area contributed by atoms with Crippen LogP contribution in [0.15, 0.2) is 85.5 Å². The van der Waals surface area contributed by atoms with Gasteiger partial charge >= 0.3 is 0 Å². The Balaban J connectivity index is 0.000000234. The van der Waals surface area contributed by atoms with Crippen molar-refractivity contribution in [3.8, 4) is 33.6 Å². The Morgan fingerprint density at radius 3 is 2.19 bits per heavy atom. The van der Waals surface area contributed by atoms with E-state index in [4.69, 9.17) is 0 Å². The molecule has 3 heterocycles. The maximum absolute atomic E-state index is 13.8. The van der Waals surface area contributed by atoms with E-state index in [0.29, 0.717) is 5.56 Å². The molecule has 3 nitrogen and oxygen atoms in total. The van der Waals surface area contributed by atoms with E-state index in [1.165, 1.54) is 12.3 Å². The predicted molar refractivity (Wildman–Crippen MR) is 125 cm³/mol. The van der Waals surface area contributed by atoms with Crippen LogP contribution < -0.4 is 0 Å². The number of hydrogen-bond donors (Lipinski definition) is 0. The van der Waals surface area contributed by atoms with E-state index >= 15 is 0 Å². The second-order valence-electron chi connectivity index (χ2n) is 7.37. The van der Waals surface area contributed by atoms with Crippen LogP contribution in [0.1, 0.15) is 5.56 Å². The first-order chi connectivity index (χ1) is 17.0. The average Bonchev–Trinajstić information content (AvgIpc) is 2.91. The largest absolute Gasteiger partial charge is 0.305 e. The predicted octanol–water partition coefficient (Wildman–Crippen LogP) is 7.02. The van der Waals surface area contributed by atoms with Gasteiger partial charge in [0, 0.05) is 56.0 Å². The van der Waals surface area contributed by atoms with E-state index in [0.717, 1.165) is 22.4 Å². The minimum Gasteiger partial charge on any atom is -0.305 e. The van der Waals surface area contributed by atoms with E-state index in [1.807, 2.05) is 54.6 Å². The molecule has 1 radical (unpaired) electrons. The van der Waals surface area contributed by atoms with Gasteiger partial charge in [0.15, 0.2) is 0 Å². The molecule has 3 aromatic heterocycles. The molecule has 0 aliphatic heterocycles. The van der Waals surface area contributed by atoms with Crippen LogP contribution in [-0.2, 0) is 20.1 Å². The quantitative estimate of drug-likeness (QED) is 0.0902. The van der Waals surface area contributed by atoms with Crippen molar-refractivity contribution in [1.29, 1.82) is 0 Å². The van der Waals surface area contributed by atoms with Gasteiger partial charge in [0.2, 0.25) is 0 Å². The molecule has 183 valence electrons. The van der Waals surface area contributed by atoms with E-state index in [1.54, 1.807) is 31.6 Å². The number of benzene rings is 2. The van der Waals surface area contributed by atoms with Gasteiger partial charge in [0.05, 0.1) is 11.6 Å². The third kappa shape index (κ3) is 6.08. The fourth-order valence-corrected chi connectivity index (χ4v) is 3.29. The Morgan fingerprint density at radius 1 is 0.750 bits per heavy atom. The molecule has 0 aliphatic rings. The van der Waals surface area contributed by atoms with Crippen molar-refractivity contribution in [2.45, 2.75) is 6.92 Å². The molecule has 8 heteroatoms. The summed E-state index contributed by atoms with van der Waals surface area (Å²) < 4.78 is 53.4. The average molecular weight is 664 g/mol. The number of aromatic nitrogens is 3. The van der Waals surface area contributed by atoms with Crippen LogP contribution >= 0.6 is 0 Å². The summed E-state index contributed by atoms with van der Waals surface area (Å²) in [4.78, 5) is 12.2. The van der Waals surface area contributed by atoms with Gasteiger partial charge in [-0.15, -0.1) is 35.9 Å². The minimum atomic E-state index is -1.89. The fraction of sp³-hybridized carbons (Fsp3) is 0.0357. The molecule has 5 aromatic rings. The van der Waals surface area contributed by atoms with E-state index in [2.05, 4.69) is 21.0 Å². The molecular weight excluding hydrogens is 647 g/mol. The Bertz CT molecular complexity index is 1400. The van der Waals surface area contributed by atoms with Crippen LogP contribution in [0.3, 0.4) is 0 Å². The second-order valence-corrected chi connectivity index (χ2v) is 7.37. The van der Waals surface area contributed by atoms with Crippen molar-refractivity contribution >= 4 is 0 Å². The van der Waals surface area contributed by atoms with Gasteiger partial charge in [-0.25, -0.2) is 8.78 Å². The van der Waals surface area contributed by atoms with E-state index in [9.17, 15) is 17.6 Å². The molecule has 0 aliphatic carbocycles. The van der Waals surface area contributed by atoms with Crippen LogP contribution in [0, 0.1) is 42.3 Å². The summed E-state index contributed by atoms with van der Waals surface area (Å²) in [6.45, 7) is 1.74. The molecule has 0 unspecified atom stereocenters. The van der Waals surface area contributed by atoms with Crippen molar-refractivity contribution in [2.24, 2.45) is 0 Å². The molecule has 0 N–H and O–H groups in total. The van der Waals surface area contributed by atoms with E-state index in [-0.39, 0.29) is 25.8 Å². The molecule has 5 rings (SSSR count). The van der Waals surface area contributed by atoms with E-state index < -0.39 is 28.8 Å². The maximum atomic E-state index is 13.8. The molecule has 0 fully saturated rings. The molecule has 0 saturated heterocycles. The molecule has 0 bridgehead atoms. The van der Waals surface area contributed by atoms with Crippen molar-refractivity contribution in [1.82, 2.24) is 15.0 Å². The molecule has 0 amide bonds. The summed E-state index contributed by atoms with van der Waals surface area (Å²) in [6.07, 6.45) is 6.48. The summed E-state index contributed by atoms with van der Waals surface area (Å²) in [5, 5.41) is 0. The zero-order valence-electron chi connectivity index (χ0n) is 18.8. The zero-order valence-corrected chi connectivity index (χ0v) is 21.2. The Hall–Kier alpha value is -3.74. The van der Waals surface area contributed by atoms with Crippen molar-refractivity contribution in [2.75, 3.05) is 0 Å². The van der Waals surface area contributed by atoms with Gasteiger partial charge in [-0.3, -0.25) is 13.8 Å². The molecule has 0 saturated carbocycles. The van der Waals surface area contributed by atoms with Gasteiger partial charge in [0.25, 0.3) is 0 Å². The monoisotopic (exact) mass is 664 g/mol. The number of halogens is 4. The number of pyridine rings is 3. The smallest absolute Gasteiger partial charge is 0.114 e. The number of rotatable bonds is 3. The summed E-state index contributed by atoms with van der Waals surface area (Å²) in [6, 6.07) is 23.7. The third-order valence-corrected chi connectivity index (χ3v) is 5.02. The normalized spacial score (nSPS) is 10.1. The Labute approximate surface area is 219 Å². The zero-order chi connectivity index (χ0) is 24.8. The SMILES string of the molecule is Cc1cc(-c2[c-]c(F)c(F)c(F)c2F)ncc1-c1cccnc1.[Ir].[c-]1ccccc1-c1ccccn1. The van der Waals surface area contributed by atoms with Gasteiger partial charge in [-0.1, -0.05) is 35.9 Å². The van der Waals surface area contributed by atoms with Gasteiger partial charge in [-0.05, 0) is 36.0 Å². The molecule has 36 heavy (non-hydrogen) atoms. The Morgan fingerprint density at radius 2 is 1.56 bits per heavy atom. The third-order valence-electron chi connectivity index (χ3n) is 5.02. The van der Waals surface area contributed by atoms with Gasteiger partial charge in [0.1, 0.15) is 11.6 Å². The fourth-order valence-electron chi connectivity index (χ4n) is 3.29. The first-order valence-corrected chi connectivity index (χ1v) is 10.5. The van der Waals surface area contributed by atoms with Crippen LogP contribution in [0.4, 0.5) is 17.6 Å². The summed E-state index contributed by atoms with van der Waals surface area (Å²) in [5.74, 6) is -6.89. The van der Waals surface area contributed by atoms with Crippen LogP contribution in [-0.4, -0.2) is 15.0 Å². The van der Waals surface area contributed by atoms with Gasteiger partial charge < -0.3 is 9.97 Å². The molecule has 0 atom stereocenters. The molecule has 2 aromatic carbocycles. The second kappa shape index (κ2) is 12.3. The van der Waals surface area contributed by atoms with Crippen molar-refractivity contribution in [3.63, 3.8) is 0 Å². The summed E-state index contributed by atoms with van der Waals surface area (Å²) in [7, 11) is 0. The Kier molecular flexibility index (Phi) is 9.17. The molecule has 0 spiro atoms.